The molecule has 8 nitrogen and oxygen atoms in total. The lowest BCUT2D eigenvalue weighted by molar-refractivity contribution is -0.139. The number of imidazole rings is 1. The van der Waals surface area contributed by atoms with E-state index in [2.05, 4.69) is 11.9 Å². The lowest BCUT2D eigenvalue weighted by Gasteiger charge is -2.25. The molecule has 3 heterocycles. The molecule has 1 aromatic heterocycles. The predicted molar refractivity (Wildman–Crippen MR) is 148 cm³/mol. The Labute approximate surface area is 228 Å². The SMILES string of the molecule is CCCCCOc1ccc([C@H]2C(=C(O)c3ccc4c(c3)C[C@H](C)O4)C(=O)C(=O)N2CCCn2ccnc2)cc1. The van der Waals surface area contributed by atoms with Crippen LogP contribution in [0.25, 0.3) is 5.76 Å². The van der Waals surface area contributed by atoms with Gasteiger partial charge in [0, 0.05) is 37.5 Å². The number of fused-ring (bicyclic) bond motifs is 1. The number of hydrogen-bond acceptors (Lipinski definition) is 6. The number of amides is 1. The van der Waals surface area contributed by atoms with Gasteiger partial charge in [-0.15, -0.1) is 0 Å². The Morgan fingerprint density at radius 2 is 1.92 bits per heavy atom. The number of aryl methyl sites for hydroxylation is 1. The van der Waals surface area contributed by atoms with E-state index >= 15 is 0 Å². The van der Waals surface area contributed by atoms with Crippen LogP contribution in [0.1, 0.15) is 62.3 Å². The van der Waals surface area contributed by atoms with Gasteiger partial charge in [-0.3, -0.25) is 9.59 Å². The number of hydrogen-bond donors (Lipinski definition) is 1. The quantitative estimate of drug-likeness (QED) is 0.157. The number of carbonyl (C=O) groups excluding carboxylic acids is 2. The Morgan fingerprint density at radius 1 is 1.10 bits per heavy atom. The van der Waals surface area contributed by atoms with E-state index in [1.807, 2.05) is 54.1 Å². The Morgan fingerprint density at radius 3 is 2.67 bits per heavy atom. The minimum absolute atomic E-state index is 0.0566. The van der Waals surface area contributed by atoms with Gasteiger partial charge in [0.15, 0.2) is 0 Å². The second kappa shape index (κ2) is 11.8. The summed E-state index contributed by atoms with van der Waals surface area (Å²) >= 11 is 0. The molecule has 1 N–H and O–H groups in total. The van der Waals surface area contributed by atoms with E-state index in [-0.39, 0.29) is 17.4 Å². The lowest BCUT2D eigenvalue weighted by atomic mass is 9.94. The van der Waals surface area contributed by atoms with E-state index in [9.17, 15) is 14.7 Å². The van der Waals surface area contributed by atoms with Crippen LogP contribution >= 0.6 is 0 Å². The van der Waals surface area contributed by atoms with Gasteiger partial charge < -0.3 is 24.0 Å². The van der Waals surface area contributed by atoms with Crippen molar-refractivity contribution < 1.29 is 24.2 Å². The third-order valence-electron chi connectivity index (χ3n) is 7.30. The topological polar surface area (TPSA) is 93.9 Å². The lowest BCUT2D eigenvalue weighted by Crippen LogP contribution is -2.31. The molecule has 1 saturated heterocycles. The number of ether oxygens (including phenoxy) is 2. The van der Waals surface area contributed by atoms with Crippen molar-refractivity contribution in [1.82, 2.24) is 14.5 Å². The summed E-state index contributed by atoms with van der Waals surface area (Å²) in [5.41, 5.74) is 2.33. The molecular formula is C31H35N3O5. The first kappa shape index (κ1) is 26.5. The van der Waals surface area contributed by atoms with E-state index in [0.29, 0.717) is 31.7 Å². The zero-order valence-corrected chi connectivity index (χ0v) is 22.5. The van der Waals surface area contributed by atoms with E-state index in [0.717, 1.165) is 48.3 Å². The normalized spacial score (nSPS) is 19.8. The van der Waals surface area contributed by atoms with Crippen LogP contribution in [0.15, 0.2) is 66.8 Å². The molecule has 1 fully saturated rings. The van der Waals surface area contributed by atoms with Crippen molar-refractivity contribution in [2.75, 3.05) is 13.2 Å². The zero-order valence-electron chi connectivity index (χ0n) is 22.5. The van der Waals surface area contributed by atoms with Crippen molar-refractivity contribution in [1.29, 1.82) is 0 Å². The third kappa shape index (κ3) is 5.70. The molecule has 1 amide bonds. The summed E-state index contributed by atoms with van der Waals surface area (Å²) in [7, 11) is 0. The van der Waals surface area contributed by atoms with Gasteiger partial charge in [0.25, 0.3) is 11.7 Å². The van der Waals surface area contributed by atoms with E-state index in [4.69, 9.17) is 9.47 Å². The molecule has 8 heteroatoms. The Hall–Kier alpha value is -4.07. The van der Waals surface area contributed by atoms with Gasteiger partial charge in [0.05, 0.1) is 24.5 Å². The predicted octanol–water partition coefficient (Wildman–Crippen LogP) is 5.29. The molecule has 204 valence electrons. The maximum atomic E-state index is 13.4. The van der Waals surface area contributed by atoms with Crippen molar-refractivity contribution >= 4 is 17.4 Å². The molecule has 2 aromatic carbocycles. The number of nitrogens with zero attached hydrogens (tertiary/aromatic N) is 3. The van der Waals surface area contributed by atoms with Gasteiger partial charge in [0.2, 0.25) is 0 Å². The van der Waals surface area contributed by atoms with Crippen LogP contribution in [-0.2, 0) is 22.6 Å². The molecular weight excluding hydrogens is 494 g/mol. The Balaban J connectivity index is 1.46. The summed E-state index contributed by atoms with van der Waals surface area (Å²) in [4.78, 5) is 32.3. The molecule has 0 spiro atoms. The number of ketones is 1. The van der Waals surface area contributed by atoms with Gasteiger partial charge in [-0.25, -0.2) is 4.98 Å². The van der Waals surface area contributed by atoms with Crippen LogP contribution in [0.5, 0.6) is 11.5 Å². The molecule has 0 bridgehead atoms. The largest absolute Gasteiger partial charge is 0.507 e. The Kier molecular flexibility index (Phi) is 8.00. The number of likely N-dealkylation sites (tertiary alicyclic amines) is 1. The number of aromatic nitrogens is 2. The smallest absolute Gasteiger partial charge is 0.295 e. The van der Waals surface area contributed by atoms with Gasteiger partial charge in [-0.2, -0.15) is 0 Å². The standard InChI is InChI=1S/C31H35N3O5/c1-3-4-5-17-38-25-10-7-22(8-11-25)28-27(29(35)23-9-12-26-24(19-23)18-21(2)39-26)30(36)31(37)34(28)15-6-14-33-16-13-32-20-33/h7-13,16,19-21,28,35H,3-6,14-15,17-18H2,1-2H3/t21-,28-/m0/s1. The molecule has 5 rings (SSSR count). The van der Waals surface area contributed by atoms with E-state index < -0.39 is 17.7 Å². The first-order valence-electron chi connectivity index (χ1n) is 13.7. The highest BCUT2D eigenvalue weighted by Crippen LogP contribution is 2.41. The zero-order chi connectivity index (χ0) is 27.4. The summed E-state index contributed by atoms with van der Waals surface area (Å²) in [6.45, 7) is 5.79. The maximum Gasteiger partial charge on any atom is 0.295 e. The first-order chi connectivity index (χ1) is 19.0. The first-order valence-corrected chi connectivity index (χ1v) is 13.7. The van der Waals surface area contributed by atoms with Crippen molar-refractivity contribution in [2.45, 2.75) is 64.6 Å². The minimum atomic E-state index is -0.703. The van der Waals surface area contributed by atoms with Crippen LogP contribution in [0, 0.1) is 0 Å². The van der Waals surface area contributed by atoms with Crippen LogP contribution in [-0.4, -0.2) is 50.5 Å². The van der Waals surface area contributed by atoms with Gasteiger partial charge in [-0.1, -0.05) is 31.9 Å². The van der Waals surface area contributed by atoms with E-state index in [1.165, 1.54) is 0 Å². The monoisotopic (exact) mass is 529 g/mol. The number of aliphatic hydroxyl groups is 1. The number of rotatable bonds is 11. The maximum absolute atomic E-state index is 13.4. The molecule has 2 aliphatic rings. The van der Waals surface area contributed by atoms with Crippen LogP contribution in [0.2, 0.25) is 0 Å². The molecule has 0 radical (unpaired) electrons. The van der Waals surface area contributed by atoms with Crippen molar-refractivity contribution in [3.05, 3.63) is 83.4 Å². The summed E-state index contributed by atoms with van der Waals surface area (Å²) < 4.78 is 13.6. The minimum Gasteiger partial charge on any atom is -0.507 e. The molecule has 0 saturated carbocycles. The summed E-state index contributed by atoms with van der Waals surface area (Å²) in [5, 5.41) is 11.5. The second-order valence-electron chi connectivity index (χ2n) is 10.2. The highest BCUT2D eigenvalue weighted by atomic mass is 16.5. The van der Waals surface area contributed by atoms with Gasteiger partial charge in [-0.05, 0) is 61.2 Å². The van der Waals surface area contributed by atoms with Crippen LogP contribution in [0.4, 0.5) is 0 Å². The number of carbonyl (C=O) groups is 2. The van der Waals surface area contributed by atoms with Crippen LogP contribution in [0.3, 0.4) is 0 Å². The number of benzene rings is 2. The highest BCUT2D eigenvalue weighted by Gasteiger charge is 2.45. The third-order valence-corrected chi connectivity index (χ3v) is 7.30. The molecule has 0 unspecified atom stereocenters. The molecule has 39 heavy (non-hydrogen) atoms. The summed E-state index contributed by atoms with van der Waals surface area (Å²) in [5.74, 6) is 0.0674. The fraction of sp³-hybridized carbons (Fsp3) is 0.387. The summed E-state index contributed by atoms with van der Waals surface area (Å²) in [6, 6.07) is 12.2. The molecule has 2 aliphatic heterocycles. The average Bonchev–Trinajstić information content (AvgIpc) is 3.65. The second-order valence-corrected chi connectivity index (χ2v) is 10.2. The summed E-state index contributed by atoms with van der Waals surface area (Å²) in [6.07, 6.45) is 9.93. The Bertz CT molecular complexity index is 1350. The molecule has 2 atom stereocenters. The number of Topliss-reactive ketones (excluding diaryl/α,β-unsaturated/α-hetero) is 1. The van der Waals surface area contributed by atoms with Crippen molar-refractivity contribution in [2.24, 2.45) is 0 Å². The van der Waals surface area contributed by atoms with Crippen LogP contribution < -0.4 is 9.47 Å². The highest BCUT2D eigenvalue weighted by molar-refractivity contribution is 6.46. The number of aliphatic hydroxyl groups excluding tert-OH is 1. The molecule has 0 aliphatic carbocycles. The van der Waals surface area contributed by atoms with Crippen molar-refractivity contribution in [3.63, 3.8) is 0 Å². The van der Waals surface area contributed by atoms with E-state index in [1.54, 1.807) is 23.5 Å². The fourth-order valence-corrected chi connectivity index (χ4v) is 5.31. The van der Waals surface area contributed by atoms with Gasteiger partial charge >= 0.3 is 0 Å². The average molecular weight is 530 g/mol. The molecule has 3 aromatic rings. The fourth-order valence-electron chi connectivity index (χ4n) is 5.31. The van der Waals surface area contributed by atoms with Crippen molar-refractivity contribution in [3.8, 4) is 11.5 Å². The number of unbranched alkanes of at least 4 members (excludes halogenated alkanes) is 2. The van der Waals surface area contributed by atoms with Gasteiger partial charge in [0.1, 0.15) is 23.4 Å².